The van der Waals surface area contributed by atoms with Crippen molar-refractivity contribution in [3.63, 3.8) is 0 Å². The molecule has 1 amide bonds. The molecule has 1 aliphatic heterocycles. The third-order valence-corrected chi connectivity index (χ3v) is 4.05. The number of hydrogen-bond acceptors (Lipinski definition) is 5. The summed E-state index contributed by atoms with van der Waals surface area (Å²) in [5.74, 6) is -0.162. The minimum Gasteiger partial charge on any atom is -0.462 e. The molecule has 116 valence electrons. The molecule has 0 saturated carbocycles. The molecule has 6 heteroatoms. The van der Waals surface area contributed by atoms with Crippen LogP contribution in [0.5, 0.6) is 0 Å². The number of aliphatic imine (C=N–C) groups is 1. The first-order valence-electron chi connectivity index (χ1n) is 7.43. The van der Waals surface area contributed by atoms with Crippen molar-refractivity contribution in [2.24, 2.45) is 4.99 Å². The molecule has 2 heterocycles. The number of amidine groups is 1. The van der Waals surface area contributed by atoms with Crippen molar-refractivity contribution in [3.05, 3.63) is 22.4 Å². The number of hydrogen-bond donors (Lipinski definition) is 1. The Morgan fingerprint density at radius 1 is 1.48 bits per heavy atom. The lowest BCUT2D eigenvalue weighted by Crippen LogP contribution is -2.34. The number of amides is 1. The molecule has 0 bridgehead atoms. The van der Waals surface area contributed by atoms with E-state index in [9.17, 15) is 4.79 Å². The van der Waals surface area contributed by atoms with Crippen LogP contribution in [0.4, 0.5) is 0 Å². The number of likely N-dealkylation sites (tertiary alicyclic amines) is 1. The molecule has 0 aliphatic carbocycles. The Morgan fingerprint density at radius 2 is 2.24 bits per heavy atom. The summed E-state index contributed by atoms with van der Waals surface area (Å²) in [5.41, 5.74) is 0. The molecule has 1 N–H and O–H groups in total. The zero-order chi connectivity index (χ0) is 15.1. The maximum atomic E-state index is 12.0. The van der Waals surface area contributed by atoms with Crippen LogP contribution in [0.25, 0.3) is 0 Å². The quantitative estimate of drug-likeness (QED) is 0.671. The van der Waals surface area contributed by atoms with Gasteiger partial charge in [-0.25, -0.2) is 4.99 Å². The Bertz CT molecular complexity index is 465. The van der Waals surface area contributed by atoms with Gasteiger partial charge in [0.25, 0.3) is 11.9 Å². The van der Waals surface area contributed by atoms with Gasteiger partial charge in [-0.15, -0.1) is 11.3 Å². The molecule has 5 nitrogen and oxygen atoms in total. The summed E-state index contributed by atoms with van der Waals surface area (Å²) in [6.45, 7) is 7.71. The van der Waals surface area contributed by atoms with Crippen molar-refractivity contribution in [3.8, 4) is 0 Å². The van der Waals surface area contributed by atoms with E-state index in [1.54, 1.807) is 6.07 Å². The molecular weight excluding hydrogens is 286 g/mol. The number of nitrogens with one attached hydrogen (secondary N) is 1. The van der Waals surface area contributed by atoms with Gasteiger partial charge in [0.05, 0.1) is 17.5 Å². The lowest BCUT2D eigenvalue weighted by Gasteiger charge is -2.15. The molecular formula is C15H23N3O2S. The Morgan fingerprint density at radius 3 is 2.86 bits per heavy atom. The van der Waals surface area contributed by atoms with Gasteiger partial charge in [-0.1, -0.05) is 6.07 Å². The fraction of sp³-hybridized carbons (Fsp3) is 0.600. The average Bonchev–Trinajstić information content (AvgIpc) is 3.11. The number of ether oxygens (including phenoxy) is 1. The molecule has 2 rings (SSSR count). The highest BCUT2D eigenvalue weighted by Gasteiger charge is 2.13. The van der Waals surface area contributed by atoms with Crippen molar-refractivity contribution in [2.75, 3.05) is 26.2 Å². The standard InChI is InChI=1S/C15H23N3O2S/c1-12(2)20-15(16-7-10-18-8-3-4-9-18)17-14(19)13-6-5-11-21-13/h5-6,11-12H,3-4,7-10H2,1-2H3,(H,16,17,19). The molecule has 1 aromatic rings. The maximum absolute atomic E-state index is 12.0. The summed E-state index contributed by atoms with van der Waals surface area (Å²) < 4.78 is 5.59. The third kappa shape index (κ3) is 5.47. The highest BCUT2D eigenvalue weighted by atomic mass is 32.1. The minimum atomic E-state index is -0.162. The molecule has 21 heavy (non-hydrogen) atoms. The van der Waals surface area contributed by atoms with Crippen LogP contribution in [0, 0.1) is 0 Å². The summed E-state index contributed by atoms with van der Waals surface area (Å²) in [5, 5.41) is 4.63. The van der Waals surface area contributed by atoms with E-state index in [0.29, 0.717) is 17.4 Å². The normalized spacial score (nSPS) is 16.4. The highest BCUT2D eigenvalue weighted by molar-refractivity contribution is 7.12. The fourth-order valence-corrected chi connectivity index (χ4v) is 2.81. The summed E-state index contributed by atoms with van der Waals surface area (Å²) in [7, 11) is 0. The number of rotatable bonds is 5. The van der Waals surface area contributed by atoms with Crippen LogP contribution >= 0.6 is 11.3 Å². The lowest BCUT2D eigenvalue weighted by atomic mass is 10.4. The van der Waals surface area contributed by atoms with E-state index in [0.717, 1.165) is 19.6 Å². The van der Waals surface area contributed by atoms with E-state index in [-0.39, 0.29) is 12.0 Å². The summed E-state index contributed by atoms with van der Waals surface area (Å²) >= 11 is 1.41. The predicted molar refractivity (Wildman–Crippen MR) is 86.0 cm³/mol. The van der Waals surface area contributed by atoms with Gasteiger partial charge in [0.15, 0.2) is 0 Å². The Labute approximate surface area is 130 Å². The lowest BCUT2D eigenvalue weighted by molar-refractivity contribution is 0.0963. The Kier molecular flexibility index (Phi) is 6.20. The zero-order valence-electron chi connectivity index (χ0n) is 12.7. The number of carbonyl (C=O) groups is 1. The van der Waals surface area contributed by atoms with Crippen LogP contribution in [0.1, 0.15) is 36.4 Å². The molecule has 1 aromatic heterocycles. The van der Waals surface area contributed by atoms with E-state index in [2.05, 4.69) is 15.2 Å². The van der Waals surface area contributed by atoms with Crippen molar-refractivity contribution in [1.82, 2.24) is 10.2 Å². The van der Waals surface area contributed by atoms with Crippen LogP contribution in [0.2, 0.25) is 0 Å². The predicted octanol–water partition coefficient (Wildman–Crippen LogP) is 2.35. The molecule has 0 radical (unpaired) electrons. The van der Waals surface area contributed by atoms with Gasteiger partial charge in [0.2, 0.25) is 0 Å². The average molecular weight is 309 g/mol. The van der Waals surface area contributed by atoms with Crippen molar-refractivity contribution in [2.45, 2.75) is 32.8 Å². The SMILES string of the molecule is CC(C)OC(=NCCN1CCCC1)NC(=O)c1cccs1. The first kappa shape index (κ1) is 16.0. The van der Waals surface area contributed by atoms with E-state index in [1.807, 2.05) is 25.3 Å². The van der Waals surface area contributed by atoms with E-state index >= 15 is 0 Å². The van der Waals surface area contributed by atoms with Crippen molar-refractivity contribution >= 4 is 23.3 Å². The summed E-state index contributed by atoms with van der Waals surface area (Å²) in [6.07, 6.45) is 2.53. The van der Waals surface area contributed by atoms with Crippen molar-refractivity contribution in [1.29, 1.82) is 0 Å². The number of carbonyl (C=O) groups excluding carboxylic acids is 1. The molecule has 0 unspecified atom stereocenters. The smallest absolute Gasteiger partial charge is 0.292 e. The monoisotopic (exact) mass is 309 g/mol. The largest absolute Gasteiger partial charge is 0.462 e. The number of nitrogens with zero attached hydrogens (tertiary/aromatic N) is 2. The van der Waals surface area contributed by atoms with Gasteiger partial charge in [-0.2, -0.15) is 0 Å². The zero-order valence-corrected chi connectivity index (χ0v) is 13.5. The second-order valence-electron chi connectivity index (χ2n) is 5.33. The number of thiophene rings is 1. The molecule has 1 aliphatic rings. The fourth-order valence-electron chi connectivity index (χ4n) is 2.20. The topological polar surface area (TPSA) is 53.9 Å². The molecule has 1 saturated heterocycles. The van der Waals surface area contributed by atoms with Gasteiger partial charge in [-0.05, 0) is 51.2 Å². The summed E-state index contributed by atoms with van der Waals surface area (Å²) in [6, 6.07) is 3.97. The molecule has 0 spiro atoms. The second kappa shape index (κ2) is 8.14. The Hall–Kier alpha value is -1.40. The van der Waals surface area contributed by atoms with Crippen LogP contribution < -0.4 is 5.32 Å². The Balaban J connectivity index is 1.88. The second-order valence-corrected chi connectivity index (χ2v) is 6.28. The highest BCUT2D eigenvalue weighted by Crippen LogP contribution is 2.08. The molecule has 0 aromatic carbocycles. The van der Waals surface area contributed by atoms with Crippen LogP contribution in [-0.4, -0.2) is 49.1 Å². The van der Waals surface area contributed by atoms with E-state index in [1.165, 1.54) is 24.2 Å². The van der Waals surface area contributed by atoms with Crippen molar-refractivity contribution < 1.29 is 9.53 Å². The molecule has 0 atom stereocenters. The van der Waals surface area contributed by atoms with Gasteiger partial charge in [0.1, 0.15) is 0 Å². The van der Waals surface area contributed by atoms with Crippen LogP contribution in [0.3, 0.4) is 0 Å². The first-order valence-corrected chi connectivity index (χ1v) is 8.31. The van der Waals surface area contributed by atoms with Crippen LogP contribution in [0.15, 0.2) is 22.5 Å². The minimum absolute atomic E-state index is 0.0147. The first-order chi connectivity index (χ1) is 10.1. The molecule has 1 fully saturated rings. The summed E-state index contributed by atoms with van der Waals surface area (Å²) in [4.78, 5) is 19.5. The maximum Gasteiger partial charge on any atom is 0.292 e. The van der Waals surface area contributed by atoms with Gasteiger partial charge in [-0.3, -0.25) is 10.1 Å². The van der Waals surface area contributed by atoms with Gasteiger partial charge >= 0.3 is 0 Å². The van der Waals surface area contributed by atoms with Gasteiger partial charge in [0, 0.05) is 6.54 Å². The van der Waals surface area contributed by atoms with Gasteiger partial charge < -0.3 is 9.64 Å². The van der Waals surface area contributed by atoms with Crippen LogP contribution in [-0.2, 0) is 4.74 Å². The van der Waals surface area contributed by atoms with E-state index in [4.69, 9.17) is 4.74 Å². The third-order valence-electron chi connectivity index (χ3n) is 3.18. The van der Waals surface area contributed by atoms with E-state index < -0.39 is 0 Å².